The van der Waals surface area contributed by atoms with E-state index in [1.54, 1.807) is 0 Å². The third-order valence-electron chi connectivity index (χ3n) is 7.76. The second-order valence-corrected chi connectivity index (χ2v) is 11.4. The van der Waals surface area contributed by atoms with Crippen molar-refractivity contribution in [3.63, 3.8) is 0 Å². The number of hydrogen-bond donors (Lipinski definition) is 0. The van der Waals surface area contributed by atoms with Crippen molar-refractivity contribution in [1.82, 2.24) is 0 Å². The van der Waals surface area contributed by atoms with Crippen LogP contribution >= 0.6 is 0 Å². The first-order chi connectivity index (χ1) is 17.3. The predicted molar refractivity (Wildman–Crippen MR) is 159 cm³/mol. The van der Waals surface area contributed by atoms with Gasteiger partial charge < -0.3 is 6.92 Å². The Morgan fingerprint density at radius 3 is 0.861 bits per heavy atom. The minimum absolute atomic E-state index is 0. The van der Waals surface area contributed by atoms with Crippen molar-refractivity contribution in [2.75, 3.05) is 0 Å². The van der Waals surface area contributed by atoms with E-state index in [9.17, 15) is 4.79 Å². The number of rotatable bonds is 31. The summed E-state index contributed by atoms with van der Waals surface area (Å²) in [7, 11) is 0. The number of hydrogen-bond acceptors (Lipinski definition) is 1. The second-order valence-electron chi connectivity index (χ2n) is 11.4. The topological polar surface area (TPSA) is 17.1 Å². The van der Waals surface area contributed by atoms with Crippen molar-refractivity contribution in [3.8, 4) is 0 Å². The van der Waals surface area contributed by atoms with Crippen molar-refractivity contribution in [2.45, 2.75) is 206 Å². The Balaban J connectivity index is 0. The first kappa shape index (κ1) is 38.3. The first-order valence-corrected chi connectivity index (χ1v) is 16.6. The molecule has 1 nitrogen and oxygen atoms in total. The Kier molecular flexibility index (Phi) is 37.5. The molecule has 0 spiro atoms. The molecule has 0 atom stereocenters. The molecular formula is C34H67CuO. The van der Waals surface area contributed by atoms with Gasteiger partial charge in [0.05, 0.1) is 0 Å². The molecule has 0 aromatic heterocycles. The van der Waals surface area contributed by atoms with Crippen molar-refractivity contribution >= 4 is 5.78 Å². The van der Waals surface area contributed by atoms with Gasteiger partial charge in [-0.3, -0.25) is 4.79 Å². The number of carbonyl (C=O) groups excluding carboxylic acids is 1. The monoisotopic (exact) mass is 554 g/mol. The van der Waals surface area contributed by atoms with Crippen LogP contribution in [0.2, 0.25) is 0 Å². The molecule has 2 heteroatoms. The van der Waals surface area contributed by atoms with Gasteiger partial charge in [-0.2, -0.15) is 6.42 Å². The van der Waals surface area contributed by atoms with Crippen molar-refractivity contribution in [2.24, 2.45) is 0 Å². The van der Waals surface area contributed by atoms with Gasteiger partial charge in [-0.25, -0.2) is 0 Å². The van der Waals surface area contributed by atoms with E-state index in [1.807, 2.05) is 0 Å². The average Bonchev–Trinajstić information content (AvgIpc) is 2.86. The molecule has 0 saturated heterocycles. The van der Waals surface area contributed by atoms with Crippen LogP contribution in [-0.2, 0) is 21.9 Å². The van der Waals surface area contributed by atoms with E-state index in [0.29, 0.717) is 5.78 Å². The summed E-state index contributed by atoms with van der Waals surface area (Å²) in [4.78, 5) is 12.1. The van der Waals surface area contributed by atoms with E-state index in [4.69, 9.17) is 0 Å². The molecule has 0 aromatic carbocycles. The normalized spacial score (nSPS) is 11.1. The summed E-state index contributed by atoms with van der Waals surface area (Å²) < 4.78 is 0. The smallest absolute Gasteiger partial charge is 0.343 e. The average molecular weight is 555 g/mol. The van der Waals surface area contributed by atoms with Crippen LogP contribution in [0.4, 0.5) is 0 Å². The van der Waals surface area contributed by atoms with E-state index in [0.717, 1.165) is 32.1 Å². The fourth-order valence-electron chi connectivity index (χ4n) is 5.26. The number of unbranched alkanes of at least 4 members (excludes halogenated alkanes) is 27. The van der Waals surface area contributed by atoms with Crippen LogP contribution in [0.1, 0.15) is 206 Å². The summed E-state index contributed by atoms with van der Waals surface area (Å²) in [6, 6.07) is 0. The SMILES string of the molecule is [CH2-]CCCCCCCCCCCCCCCC(=O)CCCCCCCCCCCCCCCCC.[Cu+]. The molecule has 0 bridgehead atoms. The Morgan fingerprint density at radius 2 is 0.611 bits per heavy atom. The maximum absolute atomic E-state index is 12.1. The molecule has 0 rings (SSSR count). The zero-order valence-electron chi connectivity index (χ0n) is 24.8. The molecule has 0 aromatic rings. The Morgan fingerprint density at radius 1 is 0.389 bits per heavy atom. The molecule has 0 radical (unpaired) electrons. The van der Waals surface area contributed by atoms with Gasteiger partial charge in [-0.15, -0.1) is 0 Å². The van der Waals surface area contributed by atoms with Gasteiger partial charge in [0.2, 0.25) is 0 Å². The molecule has 0 aliphatic heterocycles. The maximum Gasteiger partial charge on any atom is 1.00 e. The van der Waals surface area contributed by atoms with E-state index < -0.39 is 0 Å². The molecular weight excluding hydrogens is 488 g/mol. The maximum atomic E-state index is 12.1. The van der Waals surface area contributed by atoms with Crippen LogP contribution in [0.25, 0.3) is 0 Å². The van der Waals surface area contributed by atoms with Gasteiger partial charge in [0.25, 0.3) is 0 Å². The van der Waals surface area contributed by atoms with Crippen LogP contribution < -0.4 is 0 Å². The van der Waals surface area contributed by atoms with E-state index in [-0.39, 0.29) is 17.1 Å². The summed E-state index contributed by atoms with van der Waals surface area (Å²) >= 11 is 0. The van der Waals surface area contributed by atoms with Crippen molar-refractivity contribution in [3.05, 3.63) is 6.92 Å². The third kappa shape index (κ3) is 34.2. The standard InChI is InChI=1S/C34H67O.Cu/c1-3-5-7-9-11-13-15-17-19-21-23-25-27-29-31-33-34(35)32-30-28-26-24-22-20-18-16-14-12-10-8-6-4-2;/h2-33H2,1H3;/q-1;+1. The molecule has 0 saturated carbocycles. The molecule has 0 N–H and O–H groups in total. The van der Waals surface area contributed by atoms with Gasteiger partial charge in [0, 0.05) is 12.8 Å². The fraction of sp³-hybridized carbons (Fsp3) is 0.941. The minimum Gasteiger partial charge on any atom is -0.343 e. The molecule has 36 heavy (non-hydrogen) atoms. The van der Waals surface area contributed by atoms with Crippen LogP contribution in [-0.4, -0.2) is 5.78 Å². The summed E-state index contributed by atoms with van der Waals surface area (Å²) in [6.07, 6.45) is 41.3. The van der Waals surface area contributed by atoms with Crippen molar-refractivity contribution in [1.29, 1.82) is 0 Å². The molecule has 0 aliphatic rings. The quantitative estimate of drug-likeness (QED) is 0.0472. The van der Waals surface area contributed by atoms with Gasteiger partial charge >= 0.3 is 17.1 Å². The minimum atomic E-state index is 0. The Labute approximate surface area is 240 Å². The zero-order chi connectivity index (χ0) is 25.5. The third-order valence-corrected chi connectivity index (χ3v) is 7.76. The molecule has 0 amide bonds. The Hall–Kier alpha value is 0.189. The Bertz CT molecular complexity index is 395. The molecule has 0 fully saturated rings. The van der Waals surface area contributed by atoms with Gasteiger partial charge in [0.1, 0.15) is 5.78 Å². The van der Waals surface area contributed by atoms with Crippen molar-refractivity contribution < 1.29 is 21.9 Å². The molecule has 0 unspecified atom stereocenters. The van der Waals surface area contributed by atoms with E-state index in [1.165, 1.54) is 167 Å². The second kappa shape index (κ2) is 35.2. The molecule has 0 heterocycles. The van der Waals surface area contributed by atoms with Crippen LogP contribution in [0.15, 0.2) is 0 Å². The van der Waals surface area contributed by atoms with Crippen LogP contribution in [0, 0.1) is 6.92 Å². The van der Waals surface area contributed by atoms with Gasteiger partial charge in [0.15, 0.2) is 0 Å². The number of Topliss-reactive ketones (excluding diaryl/α,β-unsaturated/α-hetero) is 1. The molecule has 0 aliphatic carbocycles. The van der Waals surface area contributed by atoms with E-state index in [2.05, 4.69) is 13.8 Å². The summed E-state index contributed by atoms with van der Waals surface area (Å²) in [5.74, 6) is 0.523. The molecule has 220 valence electrons. The predicted octanol–water partition coefficient (Wildman–Crippen LogP) is 12.5. The largest absolute Gasteiger partial charge is 1.00 e. The number of ketones is 1. The van der Waals surface area contributed by atoms with Crippen LogP contribution in [0.3, 0.4) is 0 Å². The summed E-state index contributed by atoms with van der Waals surface area (Å²) in [6.45, 7) is 6.20. The summed E-state index contributed by atoms with van der Waals surface area (Å²) in [5, 5.41) is 0. The van der Waals surface area contributed by atoms with Crippen LogP contribution in [0.5, 0.6) is 0 Å². The van der Waals surface area contributed by atoms with Gasteiger partial charge in [-0.1, -0.05) is 174 Å². The number of carbonyl (C=O) groups is 1. The fourth-order valence-corrected chi connectivity index (χ4v) is 5.26. The van der Waals surface area contributed by atoms with E-state index >= 15 is 0 Å². The zero-order valence-corrected chi connectivity index (χ0v) is 25.8. The van der Waals surface area contributed by atoms with Gasteiger partial charge in [-0.05, 0) is 12.8 Å². The summed E-state index contributed by atoms with van der Waals surface area (Å²) in [5.41, 5.74) is 0. The first-order valence-electron chi connectivity index (χ1n) is 16.6.